The zero-order valence-corrected chi connectivity index (χ0v) is 7.33. The number of hydrogen-bond acceptors (Lipinski definition) is 1. The average Bonchev–Trinajstić information content (AvgIpc) is 2.05. The van der Waals surface area contributed by atoms with Gasteiger partial charge in [-0.05, 0) is 5.56 Å². The predicted octanol–water partition coefficient (Wildman–Crippen LogP) is 1.02. The van der Waals surface area contributed by atoms with Crippen molar-refractivity contribution in [3.8, 4) is 0 Å². The second kappa shape index (κ2) is 4.02. The summed E-state index contributed by atoms with van der Waals surface area (Å²) in [5.74, 6) is 0. The molecular weight excluding hydrogens is 150 g/mol. The highest BCUT2D eigenvalue weighted by Crippen LogP contribution is 2.04. The van der Waals surface area contributed by atoms with Gasteiger partial charge in [0.1, 0.15) is 13.8 Å². The lowest BCUT2D eigenvalue weighted by atomic mass is 10.1. The molecular formula is C10H14NO+. The molecule has 2 heteroatoms. The first kappa shape index (κ1) is 8.94. The van der Waals surface area contributed by atoms with E-state index in [1.165, 1.54) is 5.56 Å². The summed E-state index contributed by atoms with van der Waals surface area (Å²) >= 11 is 0. The topological polar surface area (TPSA) is 23.2 Å². The lowest BCUT2D eigenvalue weighted by Crippen LogP contribution is -2.01. The maximum absolute atomic E-state index is 8.79. The molecule has 12 heavy (non-hydrogen) atoms. The average molecular weight is 164 g/mol. The van der Waals surface area contributed by atoms with E-state index in [2.05, 4.69) is 6.72 Å². The maximum atomic E-state index is 8.79. The second-order valence-corrected chi connectivity index (χ2v) is 2.99. The molecule has 1 aromatic carbocycles. The lowest BCUT2D eigenvalue weighted by molar-refractivity contribution is -0.505. The fourth-order valence-electron chi connectivity index (χ4n) is 1.06. The summed E-state index contributed by atoms with van der Waals surface area (Å²) < 4.78 is 1.87. The Morgan fingerprint density at radius 3 is 2.17 bits per heavy atom. The Labute approximate surface area is 72.8 Å². The van der Waals surface area contributed by atoms with Gasteiger partial charge in [0.15, 0.2) is 6.54 Å². The molecule has 0 fully saturated rings. The number of hydrogen-bond donors (Lipinski definition) is 1. The Bertz CT molecular complexity index is 264. The molecule has 1 N–H and O–H groups in total. The molecule has 0 spiro atoms. The summed E-state index contributed by atoms with van der Waals surface area (Å²) in [6, 6.07) is 7.87. The van der Waals surface area contributed by atoms with Crippen molar-refractivity contribution in [2.75, 3.05) is 7.05 Å². The van der Waals surface area contributed by atoms with Crippen LogP contribution in [-0.2, 0) is 13.2 Å². The van der Waals surface area contributed by atoms with Crippen molar-refractivity contribution in [1.29, 1.82) is 0 Å². The van der Waals surface area contributed by atoms with Crippen molar-refractivity contribution in [2.24, 2.45) is 0 Å². The summed E-state index contributed by atoms with van der Waals surface area (Å²) in [5.41, 5.74) is 2.16. The van der Waals surface area contributed by atoms with Gasteiger partial charge in [0.25, 0.3) is 0 Å². The number of nitrogens with zero attached hydrogens (tertiary/aromatic N) is 1. The van der Waals surface area contributed by atoms with Gasteiger partial charge in [-0.15, -0.1) is 0 Å². The SMILES string of the molecule is C=[N+](C)Cc1ccc(CO)cc1. The van der Waals surface area contributed by atoms with Crippen LogP contribution in [0, 0.1) is 0 Å². The van der Waals surface area contributed by atoms with E-state index in [0.717, 1.165) is 12.1 Å². The molecule has 0 atom stereocenters. The fourth-order valence-corrected chi connectivity index (χ4v) is 1.06. The molecule has 0 radical (unpaired) electrons. The van der Waals surface area contributed by atoms with E-state index in [-0.39, 0.29) is 6.61 Å². The summed E-state index contributed by atoms with van der Waals surface area (Å²) in [4.78, 5) is 0. The minimum Gasteiger partial charge on any atom is -0.392 e. The molecule has 0 amide bonds. The number of benzene rings is 1. The van der Waals surface area contributed by atoms with E-state index in [0.29, 0.717) is 0 Å². The summed E-state index contributed by atoms with van der Waals surface area (Å²) in [7, 11) is 1.93. The smallest absolute Gasteiger partial charge is 0.167 e. The van der Waals surface area contributed by atoms with Gasteiger partial charge in [-0.2, -0.15) is 0 Å². The summed E-state index contributed by atoms with van der Waals surface area (Å²) in [6.07, 6.45) is 0. The van der Waals surface area contributed by atoms with Crippen LogP contribution < -0.4 is 0 Å². The van der Waals surface area contributed by atoms with Crippen LogP contribution in [-0.4, -0.2) is 23.4 Å². The van der Waals surface area contributed by atoms with E-state index < -0.39 is 0 Å². The quantitative estimate of drug-likeness (QED) is 0.523. The molecule has 0 aromatic heterocycles. The Morgan fingerprint density at radius 1 is 1.25 bits per heavy atom. The van der Waals surface area contributed by atoms with Crippen LogP contribution in [0.15, 0.2) is 24.3 Å². The van der Waals surface area contributed by atoms with Crippen molar-refractivity contribution in [3.05, 3.63) is 35.4 Å². The minimum atomic E-state index is 0.112. The van der Waals surface area contributed by atoms with E-state index >= 15 is 0 Å². The number of aliphatic hydroxyl groups is 1. The van der Waals surface area contributed by atoms with Gasteiger partial charge < -0.3 is 5.11 Å². The second-order valence-electron chi connectivity index (χ2n) is 2.99. The van der Waals surface area contributed by atoms with Crippen LogP contribution >= 0.6 is 0 Å². The first-order valence-corrected chi connectivity index (χ1v) is 3.92. The van der Waals surface area contributed by atoms with E-state index in [1.807, 2.05) is 35.9 Å². The van der Waals surface area contributed by atoms with Crippen molar-refractivity contribution < 1.29 is 9.68 Å². The monoisotopic (exact) mass is 164 g/mol. The largest absolute Gasteiger partial charge is 0.392 e. The molecule has 1 aromatic rings. The fraction of sp³-hybridized carbons (Fsp3) is 0.300. The van der Waals surface area contributed by atoms with Gasteiger partial charge >= 0.3 is 0 Å². The Kier molecular flexibility index (Phi) is 3.00. The van der Waals surface area contributed by atoms with Crippen LogP contribution in [0.5, 0.6) is 0 Å². The van der Waals surface area contributed by atoms with Crippen molar-refractivity contribution in [1.82, 2.24) is 0 Å². The van der Waals surface area contributed by atoms with Gasteiger partial charge in [-0.3, -0.25) is 0 Å². The van der Waals surface area contributed by atoms with Crippen LogP contribution in [0.1, 0.15) is 11.1 Å². The minimum absolute atomic E-state index is 0.112. The van der Waals surface area contributed by atoms with Gasteiger partial charge in [0.2, 0.25) is 0 Å². The summed E-state index contributed by atoms with van der Waals surface area (Å²) in [6.45, 7) is 4.71. The van der Waals surface area contributed by atoms with E-state index in [9.17, 15) is 0 Å². The van der Waals surface area contributed by atoms with Crippen molar-refractivity contribution >= 4 is 6.72 Å². The Hall–Kier alpha value is -1.15. The first-order valence-electron chi connectivity index (χ1n) is 3.92. The molecule has 0 unspecified atom stereocenters. The normalized spacial score (nSPS) is 9.83. The van der Waals surface area contributed by atoms with Gasteiger partial charge in [0.05, 0.1) is 6.61 Å². The highest BCUT2D eigenvalue weighted by atomic mass is 16.3. The van der Waals surface area contributed by atoms with E-state index in [1.54, 1.807) is 0 Å². The van der Waals surface area contributed by atoms with Gasteiger partial charge in [0, 0.05) is 5.56 Å². The molecule has 0 bridgehead atoms. The number of rotatable bonds is 3. The molecule has 0 saturated heterocycles. The first-order chi connectivity index (χ1) is 5.72. The Balaban J connectivity index is 2.71. The lowest BCUT2D eigenvalue weighted by Gasteiger charge is -1.98. The zero-order valence-electron chi connectivity index (χ0n) is 7.33. The predicted molar refractivity (Wildman–Crippen MR) is 49.4 cm³/mol. The van der Waals surface area contributed by atoms with Crippen LogP contribution in [0.2, 0.25) is 0 Å². The standard InChI is InChI=1S/C10H14NO/c1-11(2)7-9-3-5-10(8-12)6-4-9/h3-6,12H,1,7-8H2,2H3/q+1. The maximum Gasteiger partial charge on any atom is 0.167 e. The molecule has 2 nitrogen and oxygen atoms in total. The third kappa shape index (κ3) is 2.47. The molecule has 0 heterocycles. The highest BCUT2D eigenvalue weighted by molar-refractivity contribution is 5.22. The third-order valence-electron chi connectivity index (χ3n) is 1.66. The van der Waals surface area contributed by atoms with Gasteiger partial charge in [-0.1, -0.05) is 24.3 Å². The molecule has 0 aliphatic carbocycles. The zero-order chi connectivity index (χ0) is 8.97. The molecule has 0 saturated carbocycles. The summed E-state index contributed by atoms with van der Waals surface area (Å²) in [5, 5.41) is 8.79. The van der Waals surface area contributed by atoms with E-state index in [4.69, 9.17) is 5.11 Å². The van der Waals surface area contributed by atoms with Crippen LogP contribution in [0.3, 0.4) is 0 Å². The molecule has 1 rings (SSSR count). The Morgan fingerprint density at radius 2 is 1.75 bits per heavy atom. The third-order valence-corrected chi connectivity index (χ3v) is 1.66. The molecule has 64 valence electrons. The molecule has 0 aliphatic heterocycles. The molecule has 0 aliphatic rings. The number of aliphatic hydroxyl groups excluding tert-OH is 1. The highest BCUT2D eigenvalue weighted by Gasteiger charge is 1.96. The van der Waals surface area contributed by atoms with Crippen molar-refractivity contribution in [3.63, 3.8) is 0 Å². The van der Waals surface area contributed by atoms with Crippen LogP contribution in [0.4, 0.5) is 0 Å². The van der Waals surface area contributed by atoms with Crippen LogP contribution in [0.25, 0.3) is 0 Å². The van der Waals surface area contributed by atoms with Gasteiger partial charge in [-0.25, -0.2) is 4.58 Å². The van der Waals surface area contributed by atoms with Crippen molar-refractivity contribution in [2.45, 2.75) is 13.2 Å².